The lowest BCUT2D eigenvalue weighted by atomic mass is 10.1. The second-order valence-electron chi connectivity index (χ2n) is 5.37. The van der Waals surface area contributed by atoms with Crippen molar-refractivity contribution in [2.24, 2.45) is 0 Å². The summed E-state index contributed by atoms with van der Waals surface area (Å²) in [6.45, 7) is 5.46. The van der Waals surface area contributed by atoms with Crippen LogP contribution in [-0.4, -0.2) is 16.9 Å². The number of hydrogen-bond acceptors (Lipinski definition) is 4. The molecule has 0 radical (unpaired) electrons. The van der Waals surface area contributed by atoms with E-state index < -0.39 is 16.9 Å². The number of ether oxygens (including phenoxy) is 1. The summed E-state index contributed by atoms with van der Waals surface area (Å²) in [5.41, 5.74) is 2.03. The smallest absolute Gasteiger partial charge is 0.271 e. The molecule has 1 amide bonds. The maximum Gasteiger partial charge on any atom is 0.271 e. The molecule has 7 heteroatoms. The topological polar surface area (TPSA) is 81.5 Å². The quantitative estimate of drug-likeness (QED) is 0.646. The van der Waals surface area contributed by atoms with Crippen molar-refractivity contribution >= 4 is 28.9 Å². The van der Waals surface area contributed by atoms with Crippen LogP contribution in [0.4, 0.5) is 11.4 Å². The zero-order valence-corrected chi connectivity index (χ0v) is 14.3. The summed E-state index contributed by atoms with van der Waals surface area (Å²) in [6.07, 6.45) is -0.791. The van der Waals surface area contributed by atoms with Crippen LogP contribution in [0.15, 0.2) is 36.4 Å². The minimum absolute atomic E-state index is 0.155. The summed E-state index contributed by atoms with van der Waals surface area (Å²) in [5.74, 6) is 0.168. The van der Waals surface area contributed by atoms with Crippen molar-refractivity contribution in [3.8, 4) is 5.75 Å². The Hall–Kier alpha value is -2.60. The highest BCUT2D eigenvalue weighted by molar-refractivity contribution is 6.33. The molecular weight excluding hydrogens is 332 g/mol. The van der Waals surface area contributed by atoms with Crippen molar-refractivity contribution in [3.05, 3.63) is 62.7 Å². The van der Waals surface area contributed by atoms with Gasteiger partial charge in [-0.1, -0.05) is 23.7 Å². The Bertz CT molecular complexity index is 792. The number of amides is 1. The Morgan fingerprint density at radius 2 is 2.00 bits per heavy atom. The van der Waals surface area contributed by atoms with Gasteiger partial charge in [0, 0.05) is 12.1 Å². The lowest BCUT2D eigenvalue weighted by Crippen LogP contribution is -2.30. The number of rotatable bonds is 5. The zero-order chi connectivity index (χ0) is 17.9. The Morgan fingerprint density at radius 3 is 2.67 bits per heavy atom. The molecule has 6 nitrogen and oxygen atoms in total. The molecule has 126 valence electrons. The summed E-state index contributed by atoms with van der Waals surface area (Å²) < 4.78 is 5.69. The summed E-state index contributed by atoms with van der Waals surface area (Å²) in [5, 5.41) is 13.6. The van der Waals surface area contributed by atoms with Gasteiger partial charge in [-0.15, -0.1) is 0 Å². The van der Waals surface area contributed by atoms with Crippen molar-refractivity contribution in [2.75, 3.05) is 5.32 Å². The summed E-state index contributed by atoms with van der Waals surface area (Å²) in [7, 11) is 0. The number of nitrogens with zero attached hydrogens (tertiary/aromatic N) is 1. The van der Waals surface area contributed by atoms with Gasteiger partial charge in [0.1, 0.15) is 5.75 Å². The third-order valence-electron chi connectivity index (χ3n) is 3.65. The number of halogens is 1. The number of hydrogen-bond donors (Lipinski definition) is 1. The molecule has 0 bridgehead atoms. The van der Waals surface area contributed by atoms with Crippen LogP contribution in [0.3, 0.4) is 0 Å². The number of nitrogens with one attached hydrogen (secondary N) is 1. The van der Waals surface area contributed by atoms with Crippen LogP contribution < -0.4 is 10.1 Å². The van der Waals surface area contributed by atoms with Gasteiger partial charge in [0.05, 0.1) is 15.6 Å². The molecule has 2 aromatic carbocycles. The number of carbonyl (C=O) groups excluding carboxylic acids is 1. The van der Waals surface area contributed by atoms with Gasteiger partial charge in [-0.3, -0.25) is 14.9 Å². The van der Waals surface area contributed by atoms with Crippen LogP contribution in [0.25, 0.3) is 0 Å². The molecule has 0 aromatic heterocycles. The largest absolute Gasteiger partial charge is 0.481 e. The maximum absolute atomic E-state index is 12.3. The van der Waals surface area contributed by atoms with E-state index in [1.54, 1.807) is 13.0 Å². The molecule has 2 aromatic rings. The van der Waals surface area contributed by atoms with Gasteiger partial charge in [-0.25, -0.2) is 0 Å². The minimum Gasteiger partial charge on any atom is -0.481 e. The molecule has 0 heterocycles. The molecule has 0 aliphatic carbocycles. The normalized spacial score (nSPS) is 11.7. The third-order valence-corrected chi connectivity index (χ3v) is 3.98. The number of carbonyl (C=O) groups is 1. The molecule has 0 saturated heterocycles. The van der Waals surface area contributed by atoms with Crippen LogP contribution in [0.5, 0.6) is 5.75 Å². The van der Waals surface area contributed by atoms with E-state index >= 15 is 0 Å². The molecular formula is C17H17ClN2O4. The Kier molecular flexibility index (Phi) is 5.41. The average molecular weight is 349 g/mol. The zero-order valence-electron chi connectivity index (χ0n) is 13.5. The van der Waals surface area contributed by atoms with Gasteiger partial charge >= 0.3 is 0 Å². The van der Waals surface area contributed by atoms with E-state index in [0.29, 0.717) is 5.75 Å². The number of benzene rings is 2. The van der Waals surface area contributed by atoms with E-state index in [-0.39, 0.29) is 16.4 Å². The van der Waals surface area contributed by atoms with E-state index in [0.717, 1.165) is 11.1 Å². The average Bonchev–Trinajstić information content (AvgIpc) is 2.53. The SMILES string of the molecule is Cc1cccc(O[C@@H](C)C(=O)Nc2cc([N+](=O)[O-])ccc2Cl)c1C. The molecule has 0 saturated carbocycles. The molecule has 24 heavy (non-hydrogen) atoms. The predicted molar refractivity (Wildman–Crippen MR) is 92.7 cm³/mol. The number of aryl methyl sites for hydroxylation is 1. The third kappa shape index (κ3) is 4.02. The van der Waals surface area contributed by atoms with Crippen LogP contribution in [0, 0.1) is 24.0 Å². The van der Waals surface area contributed by atoms with Gasteiger partial charge < -0.3 is 10.1 Å². The number of nitro groups is 1. The van der Waals surface area contributed by atoms with E-state index in [1.165, 1.54) is 18.2 Å². The lowest BCUT2D eigenvalue weighted by Gasteiger charge is -2.17. The molecule has 0 fully saturated rings. The van der Waals surface area contributed by atoms with E-state index in [2.05, 4.69) is 5.32 Å². The second kappa shape index (κ2) is 7.31. The standard InChI is InChI=1S/C17H17ClN2O4/c1-10-5-4-6-16(11(10)2)24-12(3)17(21)19-15-9-13(20(22)23)7-8-14(15)18/h4-9,12H,1-3H3,(H,19,21)/t12-/m0/s1. The van der Waals surface area contributed by atoms with Crippen molar-refractivity contribution < 1.29 is 14.5 Å². The Morgan fingerprint density at radius 1 is 1.29 bits per heavy atom. The van der Waals surface area contributed by atoms with Crippen LogP contribution in [0.1, 0.15) is 18.1 Å². The molecule has 1 N–H and O–H groups in total. The van der Waals surface area contributed by atoms with E-state index in [1.807, 2.05) is 26.0 Å². The highest BCUT2D eigenvalue weighted by Crippen LogP contribution is 2.27. The van der Waals surface area contributed by atoms with Gasteiger partial charge in [0.15, 0.2) is 6.10 Å². The fraction of sp³-hybridized carbons (Fsp3) is 0.235. The van der Waals surface area contributed by atoms with Gasteiger partial charge in [0.25, 0.3) is 11.6 Å². The highest BCUT2D eigenvalue weighted by atomic mass is 35.5. The van der Waals surface area contributed by atoms with Crippen molar-refractivity contribution in [3.63, 3.8) is 0 Å². The summed E-state index contributed by atoms with van der Waals surface area (Å²) in [4.78, 5) is 22.5. The Labute approximate surface area is 144 Å². The molecule has 1 atom stereocenters. The van der Waals surface area contributed by atoms with Gasteiger partial charge in [-0.05, 0) is 44.0 Å². The molecule has 0 aliphatic rings. The van der Waals surface area contributed by atoms with E-state index in [9.17, 15) is 14.9 Å². The van der Waals surface area contributed by atoms with Crippen LogP contribution in [-0.2, 0) is 4.79 Å². The summed E-state index contributed by atoms with van der Waals surface area (Å²) in [6, 6.07) is 9.44. The first-order valence-corrected chi connectivity index (χ1v) is 7.65. The predicted octanol–water partition coefficient (Wildman–Crippen LogP) is 4.27. The first-order chi connectivity index (χ1) is 11.3. The first-order valence-electron chi connectivity index (χ1n) is 7.27. The van der Waals surface area contributed by atoms with Gasteiger partial charge in [-0.2, -0.15) is 0 Å². The Balaban J connectivity index is 2.13. The molecule has 0 spiro atoms. The van der Waals surface area contributed by atoms with Crippen LogP contribution >= 0.6 is 11.6 Å². The van der Waals surface area contributed by atoms with Crippen LogP contribution in [0.2, 0.25) is 5.02 Å². The first kappa shape index (κ1) is 17.7. The summed E-state index contributed by atoms with van der Waals surface area (Å²) >= 11 is 5.98. The minimum atomic E-state index is -0.791. The van der Waals surface area contributed by atoms with Crippen molar-refractivity contribution in [1.29, 1.82) is 0 Å². The van der Waals surface area contributed by atoms with Gasteiger partial charge in [0.2, 0.25) is 0 Å². The lowest BCUT2D eigenvalue weighted by molar-refractivity contribution is -0.384. The van der Waals surface area contributed by atoms with E-state index in [4.69, 9.17) is 16.3 Å². The molecule has 0 aliphatic heterocycles. The number of anilines is 1. The highest BCUT2D eigenvalue weighted by Gasteiger charge is 2.19. The second-order valence-corrected chi connectivity index (χ2v) is 5.78. The molecule has 0 unspecified atom stereocenters. The van der Waals surface area contributed by atoms with Crippen molar-refractivity contribution in [1.82, 2.24) is 0 Å². The molecule has 2 rings (SSSR count). The monoisotopic (exact) mass is 348 g/mol. The van der Waals surface area contributed by atoms with Crippen molar-refractivity contribution in [2.45, 2.75) is 26.9 Å². The fourth-order valence-corrected chi connectivity index (χ4v) is 2.22. The number of non-ortho nitro benzene ring substituents is 1. The fourth-order valence-electron chi connectivity index (χ4n) is 2.05. The maximum atomic E-state index is 12.3. The number of nitro benzene ring substituents is 1.